The van der Waals surface area contributed by atoms with Gasteiger partial charge in [0.1, 0.15) is 6.10 Å². The zero-order valence-electron chi connectivity index (χ0n) is 13.2. The molecule has 2 atom stereocenters. The fourth-order valence-electron chi connectivity index (χ4n) is 3.11. The molecule has 0 amide bonds. The highest BCUT2D eigenvalue weighted by Crippen LogP contribution is 2.38. The number of aliphatic hydroxyl groups excluding tert-OH is 1. The van der Waals surface area contributed by atoms with E-state index >= 15 is 0 Å². The van der Waals surface area contributed by atoms with Crippen LogP contribution < -0.4 is 0 Å². The van der Waals surface area contributed by atoms with Crippen molar-refractivity contribution in [1.82, 2.24) is 14.7 Å². The number of ether oxygens (including phenoxy) is 1. The Bertz CT molecular complexity index is 460. The van der Waals surface area contributed by atoms with Crippen molar-refractivity contribution in [1.29, 1.82) is 0 Å². The summed E-state index contributed by atoms with van der Waals surface area (Å²) in [5, 5.41) is 15.4. The Hall–Kier alpha value is -0.430. The molecule has 1 aromatic heterocycles. The van der Waals surface area contributed by atoms with E-state index < -0.39 is 6.10 Å². The van der Waals surface area contributed by atoms with Gasteiger partial charge in [0.15, 0.2) is 0 Å². The zero-order chi connectivity index (χ0) is 15.5. The number of methoxy groups -OCH3 is 1. The molecule has 2 rings (SSSR count). The van der Waals surface area contributed by atoms with Crippen LogP contribution in [0.25, 0.3) is 0 Å². The van der Waals surface area contributed by atoms with Crippen molar-refractivity contribution in [2.24, 2.45) is 0 Å². The summed E-state index contributed by atoms with van der Waals surface area (Å²) in [6.45, 7) is 7.65. The van der Waals surface area contributed by atoms with Crippen molar-refractivity contribution >= 4 is 15.9 Å². The minimum absolute atomic E-state index is 0.260. The fraction of sp³-hybridized carbons (Fsp3) is 0.800. The first kappa shape index (κ1) is 16.9. The lowest BCUT2D eigenvalue weighted by molar-refractivity contribution is -0.0197. The Balaban J connectivity index is 2.28. The SMILES string of the molecule is CCC(C)(C(O)c1c(Br)cnn1CCOC)N1CCCC1. The largest absolute Gasteiger partial charge is 0.385 e. The summed E-state index contributed by atoms with van der Waals surface area (Å²) in [6, 6.07) is 0. The van der Waals surface area contributed by atoms with Crippen LogP contribution in [-0.4, -0.2) is 52.1 Å². The first-order chi connectivity index (χ1) is 10.0. The second-order valence-electron chi connectivity index (χ2n) is 5.90. The maximum Gasteiger partial charge on any atom is 0.115 e. The molecular weight excluding hydrogens is 334 g/mol. The maximum absolute atomic E-state index is 11.1. The van der Waals surface area contributed by atoms with E-state index in [4.69, 9.17) is 4.74 Å². The molecule has 120 valence electrons. The molecule has 0 aliphatic carbocycles. The van der Waals surface area contributed by atoms with Crippen LogP contribution >= 0.6 is 15.9 Å². The zero-order valence-corrected chi connectivity index (χ0v) is 14.8. The number of rotatable bonds is 7. The first-order valence-electron chi connectivity index (χ1n) is 7.67. The van der Waals surface area contributed by atoms with E-state index in [1.54, 1.807) is 13.3 Å². The van der Waals surface area contributed by atoms with Crippen molar-refractivity contribution < 1.29 is 9.84 Å². The number of halogens is 1. The number of aliphatic hydroxyl groups is 1. The standard InChI is InChI=1S/C15H26BrN3O2/c1-4-15(2,18-7-5-6-8-18)14(20)13-12(16)11-17-19(13)9-10-21-3/h11,14,20H,4-10H2,1-3H3. The summed E-state index contributed by atoms with van der Waals surface area (Å²) in [5.41, 5.74) is 0.590. The van der Waals surface area contributed by atoms with Crippen LogP contribution in [0.15, 0.2) is 10.7 Å². The van der Waals surface area contributed by atoms with E-state index in [-0.39, 0.29) is 5.54 Å². The van der Waals surface area contributed by atoms with Gasteiger partial charge in [-0.1, -0.05) is 6.92 Å². The van der Waals surface area contributed by atoms with Crippen molar-refractivity contribution in [3.8, 4) is 0 Å². The molecule has 0 bridgehead atoms. The van der Waals surface area contributed by atoms with Crippen molar-refractivity contribution in [3.05, 3.63) is 16.4 Å². The van der Waals surface area contributed by atoms with Crippen LogP contribution in [0.3, 0.4) is 0 Å². The molecule has 5 nitrogen and oxygen atoms in total. The minimum atomic E-state index is -0.575. The van der Waals surface area contributed by atoms with Gasteiger partial charge >= 0.3 is 0 Å². The van der Waals surface area contributed by atoms with E-state index in [1.807, 2.05) is 4.68 Å². The van der Waals surface area contributed by atoms with Crippen LogP contribution in [0.2, 0.25) is 0 Å². The molecule has 0 radical (unpaired) electrons. The van der Waals surface area contributed by atoms with Gasteiger partial charge < -0.3 is 9.84 Å². The maximum atomic E-state index is 11.1. The third kappa shape index (κ3) is 3.33. The lowest BCUT2D eigenvalue weighted by Crippen LogP contribution is -2.49. The monoisotopic (exact) mass is 359 g/mol. The van der Waals surface area contributed by atoms with E-state index in [2.05, 4.69) is 39.8 Å². The summed E-state index contributed by atoms with van der Waals surface area (Å²) in [6.07, 6.45) is 4.51. The molecule has 1 fully saturated rings. The van der Waals surface area contributed by atoms with Gasteiger partial charge in [-0.05, 0) is 55.2 Å². The molecule has 1 aliphatic heterocycles. The summed E-state index contributed by atoms with van der Waals surface area (Å²) in [7, 11) is 1.68. The number of hydrogen-bond acceptors (Lipinski definition) is 4. The Labute approximate surface area is 135 Å². The number of hydrogen-bond donors (Lipinski definition) is 1. The Morgan fingerprint density at radius 2 is 2.14 bits per heavy atom. The van der Waals surface area contributed by atoms with Crippen molar-refractivity contribution in [2.45, 2.75) is 51.3 Å². The van der Waals surface area contributed by atoms with E-state index in [0.717, 1.165) is 29.7 Å². The molecule has 2 unspecified atom stereocenters. The van der Waals surface area contributed by atoms with Gasteiger partial charge in [-0.15, -0.1) is 0 Å². The van der Waals surface area contributed by atoms with Gasteiger partial charge in [-0.3, -0.25) is 9.58 Å². The summed E-state index contributed by atoms with van der Waals surface area (Å²) in [4.78, 5) is 2.41. The van der Waals surface area contributed by atoms with Gasteiger partial charge in [-0.25, -0.2) is 0 Å². The average molecular weight is 360 g/mol. The highest BCUT2D eigenvalue weighted by atomic mass is 79.9. The van der Waals surface area contributed by atoms with Crippen LogP contribution in [0, 0.1) is 0 Å². The van der Waals surface area contributed by atoms with E-state index in [0.29, 0.717) is 13.2 Å². The Morgan fingerprint density at radius 1 is 1.48 bits per heavy atom. The third-order valence-electron chi connectivity index (χ3n) is 4.73. The number of likely N-dealkylation sites (tertiary alicyclic amines) is 1. The Kier molecular flexibility index (Phi) is 5.82. The molecule has 1 aromatic rings. The quantitative estimate of drug-likeness (QED) is 0.812. The second kappa shape index (κ2) is 7.22. The smallest absolute Gasteiger partial charge is 0.115 e. The topological polar surface area (TPSA) is 50.5 Å². The summed E-state index contributed by atoms with van der Waals surface area (Å²) >= 11 is 3.54. The van der Waals surface area contributed by atoms with Gasteiger partial charge in [-0.2, -0.15) is 5.10 Å². The molecular formula is C15H26BrN3O2. The first-order valence-corrected chi connectivity index (χ1v) is 8.47. The summed E-state index contributed by atoms with van der Waals surface area (Å²) < 4.78 is 7.85. The molecule has 2 heterocycles. The minimum Gasteiger partial charge on any atom is -0.385 e. The van der Waals surface area contributed by atoms with E-state index in [9.17, 15) is 5.11 Å². The van der Waals surface area contributed by atoms with Crippen LogP contribution in [0.4, 0.5) is 0 Å². The Morgan fingerprint density at radius 3 is 2.71 bits per heavy atom. The van der Waals surface area contributed by atoms with Crippen LogP contribution in [0.1, 0.15) is 44.9 Å². The predicted molar refractivity (Wildman–Crippen MR) is 86.3 cm³/mol. The molecule has 0 saturated carbocycles. The normalized spacial score (nSPS) is 20.6. The lowest BCUT2D eigenvalue weighted by atomic mass is 9.87. The molecule has 21 heavy (non-hydrogen) atoms. The molecule has 1 N–H and O–H groups in total. The molecule has 0 spiro atoms. The molecule has 6 heteroatoms. The average Bonchev–Trinajstić information content (AvgIpc) is 3.13. The van der Waals surface area contributed by atoms with Gasteiger partial charge in [0.25, 0.3) is 0 Å². The third-order valence-corrected chi connectivity index (χ3v) is 5.34. The van der Waals surface area contributed by atoms with Crippen molar-refractivity contribution in [2.75, 3.05) is 26.8 Å². The molecule has 1 aliphatic rings. The van der Waals surface area contributed by atoms with Gasteiger partial charge in [0.2, 0.25) is 0 Å². The molecule has 1 saturated heterocycles. The fourth-order valence-corrected chi connectivity index (χ4v) is 3.63. The predicted octanol–water partition coefficient (Wildman–Crippen LogP) is 2.59. The van der Waals surface area contributed by atoms with Crippen LogP contribution in [-0.2, 0) is 11.3 Å². The molecule has 0 aromatic carbocycles. The van der Waals surface area contributed by atoms with E-state index in [1.165, 1.54) is 12.8 Å². The lowest BCUT2D eigenvalue weighted by Gasteiger charge is -2.42. The van der Waals surface area contributed by atoms with Gasteiger partial charge in [0, 0.05) is 12.6 Å². The van der Waals surface area contributed by atoms with Crippen LogP contribution in [0.5, 0.6) is 0 Å². The van der Waals surface area contributed by atoms with Gasteiger partial charge in [0.05, 0.1) is 29.5 Å². The second-order valence-corrected chi connectivity index (χ2v) is 6.76. The number of nitrogens with zero attached hydrogens (tertiary/aromatic N) is 3. The number of aromatic nitrogens is 2. The van der Waals surface area contributed by atoms with Crippen molar-refractivity contribution in [3.63, 3.8) is 0 Å². The summed E-state index contributed by atoms with van der Waals surface area (Å²) in [5.74, 6) is 0. The highest BCUT2D eigenvalue weighted by molar-refractivity contribution is 9.10. The highest BCUT2D eigenvalue weighted by Gasteiger charge is 2.41.